The van der Waals surface area contributed by atoms with Gasteiger partial charge in [0.25, 0.3) is 5.91 Å². The van der Waals surface area contributed by atoms with Crippen molar-refractivity contribution in [3.63, 3.8) is 0 Å². The molecule has 1 saturated heterocycles. The van der Waals surface area contributed by atoms with Crippen molar-refractivity contribution >= 4 is 18.3 Å². The van der Waals surface area contributed by atoms with E-state index in [9.17, 15) is 4.79 Å². The van der Waals surface area contributed by atoms with Gasteiger partial charge in [0.05, 0.1) is 20.8 Å². The second-order valence-electron chi connectivity index (χ2n) is 8.93. The Morgan fingerprint density at radius 2 is 1.83 bits per heavy atom. The van der Waals surface area contributed by atoms with E-state index in [1.807, 2.05) is 30.3 Å². The number of piperidine rings is 1. The summed E-state index contributed by atoms with van der Waals surface area (Å²) >= 11 is 0. The summed E-state index contributed by atoms with van der Waals surface area (Å²) in [5, 5.41) is 0. The third kappa shape index (κ3) is 5.38. The summed E-state index contributed by atoms with van der Waals surface area (Å²) in [6, 6.07) is 9.68. The molecule has 3 heterocycles. The fourth-order valence-electron chi connectivity index (χ4n) is 5.11. The summed E-state index contributed by atoms with van der Waals surface area (Å²) in [6.07, 6.45) is 3.89. The number of amides is 1. The average molecular weight is 505 g/mol. The monoisotopic (exact) mass is 504 g/mol. The van der Waals surface area contributed by atoms with Crippen molar-refractivity contribution < 1.29 is 28.5 Å². The van der Waals surface area contributed by atoms with Crippen molar-refractivity contribution in [3.05, 3.63) is 41.5 Å². The summed E-state index contributed by atoms with van der Waals surface area (Å²) in [4.78, 5) is 17.9. The number of methoxy groups -OCH3 is 2. The lowest BCUT2D eigenvalue weighted by Gasteiger charge is -2.41. The molecule has 35 heavy (non-hydrogen) atoms. The summed E-state index contributed by atoms with van der Waals surface area (Å²) < 4.78 is 27.5. The number of hydrogen-bond acceptors (Lipinski definition) is 7. The highest BCUT2D eigenvalue weighted by molar-refractivity contribution is 5.97. The molecular formula is C26H33ClN2O6. The predicted octanol–water partition coefficient (Wildman–Crippen LogP) is 3.79. The molecule has 1 unspecified atom stereocenters. The Balaban J connectivity index is 0.00000289. The van der Waals surface area contributed by atoms with E-state index in [-0.39, 0.29) is 31.1 Å². The summed E-state index contributed by atoms with van der Waals surface area (Å²) in [7, 11) is 3.22. The van der Waals surface area contributed by atoms with Crippen LogP contribution in [0.25, 0.3) is 0 Å². The van der Waals surface area contributed by atoms with Crippen molar-refractivity contribution in [3.8, 4) is 28.7 Å². The van der Waals surface area contributed by atoms with E-state index in [4.69, 9.17) is 23.7 Å². The van der Waals surface area contributed by atoms with Gasteiger partial charge in [-0.1, -0.05) is 0 Å². The molecule has 0 aliphatic carbocycles. The number of nitrogens with zero attached hydrogens (tertiary/aromatic N) is 2. The van der Waals surface area contributed by atoms with Crippen LogP contribution >= 0.6 is 12.4 Å². The fraction of sp³-hybridized carbons (Fsp3) is 0.500. The molecule has 2 aromatic carbocycles. The SMILES string of the molecule is COc1cc2c(cc1OC)C(=O)N(C1CCCN(CCCOc3ccc4c(c3)OCO4)C1)CC2.Cl. The number of halogens is 1. The number of benzene rings is 2. The van der Waals surface area contributed by atoms with Gasteiger partial charge < -0.3 is 33.5 Å². The van der Waals surface area contributed by atoms with Crippen molar-refractivity contribution in [2.45, 2.75) is 31.7 Å². The molecule has 2 aromatic rings. The molecule has 5 rings (SSSR count). The van der Waals surface area contributed by atoms with Crippen molar-refractivity contribution in [1.82, 2.24) is 9.80 Å². The zero-order valence-corrected chi connectivity index (χ0v) is 21.1. The predicted molar refractivity (Wildman–Crippen MR) is 134 cm³/mol. The van der Waals surface area contributed by atoms with E-state index in [0.29, 0.717) is 18.1 Å². The molecule has 0 aromatic heterocycles. The van der Waals surface area contributed by atoms with Crippen LogP contribution in [0.1, 0.15) is 35.2 Å². The highest BCUT2D eigenvalue weighted by Crippen LogP contribution is 2.36. The molecule has 3 aliphatic heterocycles. The van der Waals surface area contributed by atoms with Crippen LogP contribution in [0.4, 0.5) is 0 Å². The fourth-order valence-corrected chi connectivity index (χ4v) is 5.11. The molecule has 3 aliphatic rings. The first-order valence-corrected chi connectivity index (χ1v) is 12.0. The van der Waals surface area contributed by atoms with Gasteiger partial charge in [0.15, 0.2) is 23.0 Å². The van der Waals surface area contributed by atoms with Gasteiger partial charge in [-0.2, -0.15) is 0 Å². The maximum atomic E-state index is 13.4. The molecule has 0 saturated carbocycles. The average Bonchev–Trinajstić information content (AvgIpc) is 3.34. The van der Waals surface area contributed by atoms with Crippen molar-refractivity contribution in [2.24, 2.45) is 0 Å². The first-order chi connectivity index (χ1) is 16.7. The summed E-state index contributed by atoms with van der Waals surface area (Å²) in [5.74, 6) is 3.67. The maximum absolute atomic E-state index is 13.4. The number of ether oxygens (including phenoxy) is 5. The molecule has 0 radical (unpaired) electrons. The minimum Gasteiger partial charge on any atom is -0.493 e. The Hall–Kier alpha value is -2.84. The third-order valence-corrected chi connectivity index (χ3v) is 6.88. The maximum Gasteiger partial charge on any atom is 0.254 e. The Labute approximate surface area is 212 Å². The number of rotatable bonds is 8. The van der Waals surface area contributed by atoms with Gasteiger partial charge in [0, 0.05) is 37.3 Å². The van der Waals surface area contributed by atoms with Crippen LogP contribution in [0, 0.1) is 0 Å². The zero-order valence-electron chi connectivity index (χ0n) is 20.3. The lowest BCUT2D eigenvalue weighted by Crippen LogP contribution is -2.52. The van der Waals surface area contributed by atoms with E-state index >= 15 is 0 Å². The lowest BCUT2D eigenvalue weighted by molar-refractivity contribution is 0.0517. The Bertz CT molecular complexity index is 1050. The van der Waals surface area contributed by atoms with Gasteiger partial charge in [-0.15, -0.1) is 12.4 Å². The largest absolute Gasteiger partial charge is 0.493 e. The summed E-state index contributed by atoms with van der Waals surface area (Å²) in [5.41, 5.74) is 1.77. The lowest BCUT2D eigenvalue weighted by atomic mass is 9.94. The quantitative estimate of drug-likeness (QED) is 0.507. The van der Waals surface area contributed by atoms with Crippen LogP contribution in [-0.2, 0) is 6.42 Å². The van der Waals surface area contributed by atoms with Gasteiger partial charge in [-0.3, -0.25) is 4.79 Å². The number of fused-ring (bicyclic) bond motifs is 2. The molecule has 9 heteroatoms. The highest BCUT2D eigenvalue weighted by Gasteiger charge is 2.33. The van der Waals surface area contributed by atoms with Crippen LogP contribution in [0.2, 0.25) is 0 Å². The normalized spacial score (nSPS) is 19.1. The second kappa shape index (κ2) is 11.3. The topological polar surface area (TPSA) is 69.7 Å². The molecule has 1 atom stereocenters. The van der Waals surface area contributed by atoms with Gasteiger partial charge in [-0.25, -0.2) is 0 Å². The summed E-state index contributed by atoms with van der Waals surface area (Å²) in [6.45, 7) is 4.56. The van der Waals surface area contributed by atoms with Crippen LogP contribution in [0.3, 0.4) is 0 Å². The van der Waals surface area contributed by atoms with Gasteiger partial charge in [0.2, 0.25) is 6.79 Å². The van der Waals surface area contributed by atoms with Gasteiger partial charge in [-0.05, 0) is 62.1 Å². The van der Waals surface area contributed by atoms with Gasteiger partial charge in [0.1, 0.15) is 5.75 Å². The highest BCUT2D eigenvalue weighted by atomic mass is 35.5. The Kier molecular flexibility index (Phi) is 8.13. The number of carbonyl (C=O) groups is 1. The molecular weight excluding hydrogens is 472 g/mol. The van der Waals surface area contributed by atoms with E-state index in [1.165, 1.54) is 0 Å². The molecule has 8 nitrogen and oxygen atoms in total. The van der Waals surface area contributed by atoms with Gasteiger partial charge >= 0.3 is 0 Å². The molecule has 1 fully saturated rings. The van der Waals surface area contributed by atoms with E-state index in [1.54, 1.807) is 14.2 Å². The first kappa shape index (κ1) is 25.3. The minimum absolute atomic E-state index is 0. The Morgan fingerprint density at radius 1 is 1.03 bits per heavy atom. The van der Waals surface area contributed by atoms with Crippen molar-refractivity contribution in [1.29, 1.82) is 0 Å². The zero-order chi connectivity index (χ0) is 23.5. The van der Waals surface area contributed by atoms with E-state index in [2.05, 4.69) is 9.80 Å². The van der Waals surface area contributed by atoms with E-state index in [0.717, 1.165) is 80.2 Å². The minimum atomic E-state index is 0. The first-order valence-electron chi connectivity index (χ1n) is 12.0. The Morgan fingerprint density at radius 3 is 2.66 bits per heavy atom. The smallest absolute Gasteiger partial charge is 0.254 e. The van der Waals surface area contributed by atoms with E-state index < -0.39 is 0 Å². The van der Waals surface area contributed by atoms with Crippen LogP contribution in [0.15, 0.2) is 30.3 Å². The van der Waals surface area contributed by atoms with Crippen LogP contribution in [-0.4, -0.2) is 75.5 Å². The molecule has 190 valence electrons. The van der Waals surface area contributed by atoms with Crippen LogP contribution < -0.4 is 23.7 Å². The standard InChI is InChI=1S/C26H32N2O6.ClH/c1-30-23-13-18-8-11-28(26(29)21(18)15-24(23)31-2)19-5-3-9-27(16-19)10-4-12-32-20-6-7-22-25(14-20)34-17-33-22;/h6-7,13-15,19H,3-5,8-12,16-17H2,1-2H3;1H. The molecule has 0 N–H and O–H groups in total. The molecule has 0 bridgehead atoms. The second-order valence-corrected chi connectivity index (χ2v) is 8.93. The molecule has 1 amide bonds. The van der Waals surface area contributed by atoms with Crippen molar-refractivity contribution in [2.75, 3.05) is 53.8 Å². The molecule has 0 spiro atoms. The number of likely N-dealkylation sites (tertiary alicyclic amines) is 1. The third-order valence-electron chi connectivity index (χ3n) is 6.88. The van der Waals surface area contributed by atoms with Crippen LogP contribution in [0.5, 0.6) is 28.7 Å². The number of hydrogen-bond donors (Lipinski definition) is 0. The number of carbonyl (C=O) groups excluding carboxylic acids is 1.